The molecule has 128 valence electrons. The van der Waals surface area contributed by atoms with Gasteiger partial charge in [-0.3, -0.25) is 14.9 Å². The van der Waals surface area contributed by atoms with E-state index in [1.807, 2.05) is 0 Å². The summed E-state index contributed by atoms with van der Waals surface area (Å²) >= 11 is 1.60. The molecule has 5 nitrogen and oxygen atoms in total. The van der Waals surface area contributed by atoms with Crippen molar-refractivity contribution in [3.05, 3.63) is 81.7 Å². The molecular weight excluding hydrogens is 343 g/mol. The Hall–Kier alpha value is -2.67. The Morgan fingerprint density at radius 2 is 1.96 bits per heavy atom. The molecule has 0 aromatic heterocycles. The van der Waals surface area contributed by atoms with Crippen LogP contribution in [-0.2, 0) is 4.79 Å². The Morgan fingerprint density at radius 1 is 1.24 bits per heavy atom. The molecule has 1 amide bonds. The molecule has 1 heterocycles. The number of carbonyl (C=O) groups excluding carboxylic acids is 1. The largest absolute Gasteiger partial charge is 0.322 e. The van der Waals surface area contributed by atoms with Gasteiger partial charge in [-0.1, -0.05) is 18.2 Å². The van der Waals surface area contributed by atoms with Gasteiger partial charge >= 0.3 is 0 Å². The van der Waals surface area contributed by atoms with Gasteiger partial charge in [0.15, 0.2) is 0 Å². The number of thioether (sulfide) groups is 1. The van der Waals surface area contributed by atoms with Crippen LogP contribution >= 0.6 is 11.8 Å². The lowest BCUT2D eigenvalue weighted by molar-refractivity contribution is -0.384. The first-order valence-corrected chi connectivity index (χ1v) is 8.70. The zero-order valence-corrected chi connectivity index (χ0v) is 14.0. The second-order valence-electron chi connectivity index (χ2n) is 5.46. The smallest absolute Gasteiger partial charge is 0.269 e. The average molecular weight is 358 g/mol. The number of halogens is 1. The van der Waals surface area contributed by atoms with Crippen molar-refractivity contribution < 1.29 is 14.1 Å². The van der Waals surface area contributed by atoms with E-state index in [4.69, 9.17) is 0 Å². The van der Waals surface area contributed by atoms with Crippen molar-refractivity contribution in [3.8, 4) is 0 Å². The Kier molecular flexibility index (Phi) is 5.14. The number of rotatable bonds is 4. The maximum Gasteiger partial charge on any atom is 0.269 e. The van der Waals surface area contributed by atoms with E-state index < -0.39 is 4.92 Å². The fourth-order valence-electron chi connectivity index (χ4n) is 2.60. The quantitative estimate of drug-likeness (QED) is 0.470. The SMILES string of the molecule is O=C(/C=C/c1ccccc1F)N1CCSC1c1ccc([N+](=O)[O-])cc1. The molecule has 0 saturated carbocycles. The molecule has 0 aliphatic carbocycles. The highest BCUT2D eigenvalue weighted by Crippen LogP contribution is 2.38. The van der Waals surface area contributed by atoms with E-state index in [0.29, 0.717) is 12.1 Å². The molecule has 1 fully saturated rings. The standard InChI is InChI=1S/C18H15FN2O3S/c19-16-4-2-1-3-13(16)7-10-17(22)20-11-12-25-18(20)14-5-8-15(9-6-14)21(23)24/h1-10,18H,11-12H2/b10-7+. The summed E-state index contributed by atoms with van der Waals surface area (Å²) in [6.45, 7) is 0.576. The lowest BCUT2D eigenvalue weighted by Gasteiger charge is -2.22. The average Bonchev–Trinajstić information content (AvgIpc) is 3.10. The van der Waals surface area contributed by atoms with Gasteiger partial charge in [0.2, 0.25) is 5.91 Å². The monoisotopic (exact) mass is 358 g/mol. The van der Waals surface area contributed by atoms with E-state index in [9.17, 15) is 19.3 Å². The van der Waals surface area contributed by atoms with Gasteiger partial charge in [0.25, 0.3) is 5.69 Å². The van der Waals surface area contributed by atoms with Gasteiger partial charge in [-0.25, -0.2) is 4.39 Å². The Morgan fingerprint density at radius 3 is 2.64 bits per heavy atom. The summed E-state index contributed by atoms with van der Waals surface area (Å²) in [6, 6.07) is 12.5. The van der Waals surface area contributed by atoms with Crippen LogP contribution < -0.4 is 0 Å². The highest BCUT2D eigenvalue weighted by atomic mass is 32.2. The molecule has 2 aromatic carbocycles. The molecule has 0 N–H and O–H groups in total. The fraction of sp³-hybridized carbons (Fsp3) is 0.167. The van der Waals surface area contributed by atoms with Crippen LogP contribution in [0.4, 0.5) is 10.1 Å². The summed E-state index contributed by atoms with van der Waals surface area (Å²) in [5, 5.41) is 10.6. The third kappa shape index (κ3) is 3.88. The molecule has 25 heavy (non-hydrogen) atoms. The summed E-state index contributed by atoms with van der Waals surface area (Å²) in [7, 11) is 0. The van der Waals surface area contributed by atoms with Crippen LogP contribution in [-0.4, -0.2) is 28.0 Å². The number of nitro groups is 1. The van der Waals surface area contributed by atoms with E-state index in [-0.39, 0.29) is 22.8 Å². The zero-order chi connectivity index (χ0) is 17.8. The Labute approximate surface area is 148 Å². The predicted molar refractivity (Wildman–Crippen MR) is 95.4 cm³/mol. The number of nitrogens with zero attached hydrogens (tertiary/aromatic N) is 2. The van der Waals surface area contributed by atoms with Gasteiger partial charge in [0, 0.05) is 36.1 Å². The van der Waals surface area contributed by atoms with E-state index >= 15 is 0 Å². The summed E-state index contributed by atoms with van der Waals surface area (Å²) in [6.07, 6.45) is 2.83. The summed E-state index contributed by atoms with van der Waals surface area (Å²) in [4.78, 5) is 24.5. The van der Waals surface area contributed by atoms with Gasteiger partial charge in [0.1, 0.15) is 11.2 Å². The molecule has 1 saturated heterocycles. The number of non-ortho nitro benzene ring substituents is 1. The van der Waals surface area contributed by atoms with Crippen LogP contribution in [0.5, 0.6) is 0 Å². The van der Waals surface area contributed by atoms with Crippen molar-refractivity contribution in [2.75, 3.05) is 12.3 Å². The molecule has 1 aliphatic rings. The maximum atomic E-state index is 13.6. The third-order valence-corrected chi connectivity index (χ3v) is 5.13. The van der Waals surface area contributed by atoms with Crippen LogP contribution in [0.3, 0.4) is 0 Å². The highest BCUT2D eigenvalue weighted by Gasteiger charge is 2.29. The minimum absolute atomic E-state index is 0.0177. The molecular formula is C18H15FN2O3S. The number of carbonyl (C=O) groups is 1. The van der Waals surface area contributed by atoms with Crippen molar-refractivity contribution in [1.82, 2.24) is 4.90 Å². The van der Waals surface area contributed by atoms with Gasteiger partial charge < -0.3 is 4.90 Å². The zero-order valence-electron chi connectivity index (χ0n) is 13.2. The molecule has 0 spiro atoms. The Bertz CT molecular complexity index is 823. The van der Waals surface area contributed by atoms with E-state index in [1.165, 1.54) is 30.4 Å². The molecule has 0 bridgehead atoms. The van der Waals surface area contributed by atoms with Crippen molar-refractivity contribution in [1.29, 1.82) is 0 Å². The van der Waals surface area contributed by atoms with Gasteiger partial charge in [0.05, 0.1) is 4.92 Å². The molecule has 1 aliphatic heterocycles. The molecule has 3 rings (SSSR count). The molecule has 1 unspecified atom stereocenters. The van der Waals surface area contributed by atoms with Crippen LogP contribution in [0.2, 0.25) is 0 Å². The first-order valence-electron chi connectivity index (χ1n) is 7.65. The third-order valence-electron chi connectivity index (χ3n) is 3.87. The second kappa shape index (κ2) is 7.48. The molecule has 0 radical (unpaired) electrons. The number of nitro benzene ring substituents is 1. The normalized spacial score (nSPS) is 17.2. The maximum absolute atomic E-state index is 13.6. The number of benzene rings is 2. The van der Waals surface area contributed by atoms with Crippen LogP contribution in [0.15, 0.2) is 54.6 Å². The Balaban J connectivity index is 1.75. The highest BCUT2D eigenvalue weighted by molar-refractivity contribution is 7.99. The van der Waals surface area contributed by atoms with E-state index in [2.05, 4.69) is 0 Å². The summed E-state index contributed by atoms with van der Waals surface area (Å²) < 4.78 is 13.6. The van der Waals surface area contributed by atoms with Gasteiger partial charge in [-0.15, -0.1) is 11.8 Å². The molecule has 7 heteroatoms. The van der Waals surface area contributed by atoms with Crippen molar-refractivity contribution in [2.45, 2.75) is 5.37 Å². The molecule has 1 atom stereocenters. The fourth-order valence-corrected chi connectivity index (χ4v) is 3.86. The first kappa shape index (κ1) is 17.2. The minimum Gasteiger partial charge on any atom is -0.322 e. The second-order valence-corrected chi connectivity index (χ2v) is 6.65. The van der Waals surface area contributed by atoms with Crippen LogP contribution in [0.1, 0.15) is 16.5 Å². The first-order chi connectivity index (χ1) is 12.1. The molecule has 2 aromatic rings. The van der Waals surface area contributed by atoms with Crippen LogP contribution in [0.25, 0.3) is 6.08 Å². The van der Waals surface area contributed by atoms with Crippen LogP contribution in [0, 0.1) is 15.9 Å². The summed E-state index contributed by atoms with van der Waals surface area (Å²) in [5.41, 5.74) is 1.21. The van der Waals surface area contributed by atoms with E-state index in [0.717, 1.165) is 11.3 Å². The lowest BCUT2D eigenvalue weighted by Crippen LogP contribution is -2.28. The van der Waals surface area contributed by atoms with Gasteiger partial charge in [-0.05, 0) is 29.8 Å². The lowest BCUT2D eigenvalue weighted by atomic mass is 10.1. The summed E-state index contributed by atoms with van der Waals surface area (Å²) in [5.74, 6) is 0.187. The topological polar surface area (TPSA) is 63.5 Å². The van der Waals surface area contributed by atoms with Crippen molar-refractivity contribution in [2.24, 2.45) is 0 Å². The minimum atomic E-state index is -0.453. The van der Waals surface area contributed by atoms with E-state index in [1.54, 1.807) is 47.0 Å². The number of hydrogen-bond acceptors (Lipinski definition) is 4. The van der Waals surface area contributed by atoms with Gasteiger partial charge in [-0.2, -0.15) is 0 Å². The predicted octanol–water partition coefficient (Wildman–Crippen LogP) is 4.02. The van der Waals surface area contributed by atoms with Crippen molar-refractivity contribution >= 4 is 29.4 Å². The van der Waals surface area contributed by atoms with Crippen molar-refractivity contribution in [3.63, 3.8) is 0 Å². The number of hydrogen-bond donors (Lipinski definition) is 0. The number of amides is 1.